The Hall–Kier alpha value is -2.90. The Morgan fingerprint density at radius 3 is 2.40 bits per heavy atom. The van der Waals surface area contributed by atoms with Gasteiger partial charge in [-0.2, -0.15) is 0 Å². The van der Waals surface area contributed by atoms with E-state index in [2.05, 4.69) is 4.98 Å². The molecule has 7 heteroatoms. The fraction of sp³-hybridized carbons (Fsp3) is 0.174. The third kappa shape index (κ3) is 4.04. The second-order valence-electron chi connectivity index (χ2n) is 7.17. The molecule has 2 aromatic heterocycles. The Balaban J connectivity index is 1.75. The number of aromatic nitrogens is 1. The molecule has 0 radical (unpaired) electrons. The molecule has 2 aromatic carbocycles. The van der Waals surface area contributed by atoms with E-state index in [1.54, 1.807) is 17.5 Å². The van der Waals surface area contributed by atoms with E-state index in [1.807, 2.05) is 69.3 Å². The maximum absolute atomic E-state index is 13.4. The average Bonchev–Trinajstić information content (AvgIpc) is 3.38. The summed E-state index contributed by atoms with van der Waals surface area (Å²) in [6, 6.07) is 18.7. The summed E-state index contributed by atoms with van der Waals surface area (Å²) in [5.74, 6) is 1.09. The van der Waals surface area contributed by atoms with Gasteiger partial charge in [0.25, 0.3) is 10.0 Å². The molecule has 154 valence electrons. The van der Waals surface area contributed by atoms with Crippen molar-refractivity contribution in [3.8, 4) is 11.5 Å². The molecule has 0 unspecified atom stereocenters. The molecule has 2 heterocycles. The van der Waals surface area contributed by atoms with Crippen LogP contribution < -0.4 is 4.31 Å². The van der Waals surface area contributed by atoms with Gasteiger partial charge in [-0.15, -0.1) is 11.3 Å². The molecule has 30 heavy (non-hydrogen) atoms. The molecule has 0 saturated carbocycles. The monoisotopic (exact) mass is 438 g/mol. The largest absolute Gasteiger partial charge is 0.441 e. The number of anilines is 1. The maximum atomic E-state index is 13.4. The number of oxazole rings is 1. The summed E-state index contributed by atoms with van der Waals surface area (Å²) in [6.45, 7) is 5.88. The Labute approximate surface area is 180 Å². The number of hydrogen-bond donors (Lipinski definition) is 0. The van der Waals surface area contributed by atoms with Crippen LogP contribution in [0.25, 0.3) is 11.5 Å². The van der Waals surface area contributed by atoms with Crippen LogP contribution in [0.1, 0.15) is 22.6 Å². The number of aryl methyl sites for hydroxylation is 3. The van der Waals surface area contributed by atoms with Gasteiger partial charge in [-0.25, -0.2) is 13.4 Å². The normalized spacial score (nSPS) is 11.6. The molecular weight excluding hydrogens is 416 g/mol. The van der Waals surface area contributed by atoms with Gasteiger partial charge in [-0.3, -0.25) is 4.31 Å². The maximum Gasteiger partial charge on any atom is 0.274 e. The minimum Gasteiger partial charge on any atom is -0.441 e. The molecule has 0 fully saturated rings. The number of benzene rings is 2. The zero-order chi connectivity index (χ0) is 21.3. The highest BCUT2D eigenvalue weighted by molar-refractivity contribution is 7.94. The van der Waals surface area contributed by atoms with Crippen LogP contribution in [0.4, 0.5) is 5.69 Å². The molecule has 0 atom stereocenters. The van der Waals surface area contributed by atoms with E-state index in [-0.39, 0.29) is 6.54 Å². The first kappa shape index (κ1) is 20.4. The summed E-state index contributed by atoms with van der Waals surface area (Å²) in [6.07, 6.45) is 0. The Kier molecular flexibility index (Phi) is 5.49. The first-order valence-corrected chi connectivity index (χ1v) is 11.8. The van der Waals surface area contributed by atoms with Crippen LogP contribution in [0, 0.1) is 20.8 Å². The minimum atomic E-state index is -3.73. The van der Waals surface area contributed by atoms with E-state index >= 15 is 0 Å². The van der Waals surface area contributed by atoms with E-state index in [0.717, 1.165) is 16.7 Å². The number of thiophene rings is 1. The SMILES string of the molecule is Cc1ccc(N(Cc2nc(-c3cccc(C)c3)oc2C)S(=O)(=O)c2cccs2)cc1. The third-order valence-electron chi connectivity index (χ3n) is 4.81. The van der Waals surface area contributed by atoms with Crippen molar-refractivity contribution >= 4 is 27.0 Å². The highest BCUT2D eigenvalue weighted by atomic mass is 32.2. The predicted octanol–water partition coefficient (Wildman–Crippen LogP) is 5.72. The van der Waals surface area contributed by atoms with E-state index < -0.39 is 10.0 Å². The first-order chi connectivity index (χ1) is 14.3. The summed E-state index contributed by atoms with van der Waals surface area (Å²) >= 11 is 1.20. The fourth-order valence-electron chi connectivity index (χ4n) is 3.16. The standard InChI is InChI=1S/C23H22N2O3S2/c1-16-9-11-20(12-10-16)25(30(26,27)22-8-5-13-29-22)15-21-18(3)28-23(24-21)19-7-4-6-17(2)14-19/h4-14H,15H2,1-3H3. The summed E-state index contributed by atoms with van der Waals surface area (Å²) in [5.41, 5.74) is 4.21. The zero-order valence-electron chi connectivity index (χ0n) is 17.0. The second kappa shape index (κ2) is 8.08. The highest BCUT2D eigenvalue weighted by Gasteiger charge is 2.28. The molecule has 0 aliphatic rings. The van der Waals surface area contributed by atoms with Crippen molar-refractivity contribution < 1.29 is 12.8 Å². The van der Waals surface area contributed by atoms with Crippen molar-refractivity contribution in [3.05, 3.63) is 88.6 Å². The van der Waals surface area contributed by atoms with Gasteiger partial charge in [0.1, 0.15) is 15.7 Å². The molecule has 0 aliphatic heterocycles. The average molecular weight is 439 g/mol. The van der Waals surface area contributed by atoms with Crippen LogP contribution in [0.3, 0.4) is 0 Å². The van der Waals surface area contributed by atoms with Gasteiger partial charge in [0.15, 0.2) is 0 Å². The van der Waals surface area contributed by atoms with Crippen molar-refractivity contribution in [3.63, 3.8) is 0 Å². The number of hydrogen-bond acceptors (Lipinski definition) is 5. The smallest absolute Gasteiger partial charge is 0.274 e. The molecular formula is C23H22N2O3S2. The van der Waals surface area contributed by atoms with E-state index in [1.165, 1.54) is 15.6 Å². The number of rotatable bonds is 6. The molecule has 0 saturated heterocycles. The van der Waals surface area contributed by atoms with Gasteiger partial charge in [0, 0.05) is 5.56 Å². The van der Waals surface area contributed by atoms with Gasteiger partial charge >= 0.3 is 0 Å². The lowest BCUT2D eigenvalue weighted by atomic mass is 10.1. The van der Waals surface area contributed by atoms with Gasteiger partial charge in [-0.05, 0) is 56.5 Å². The molecule has 4 rings (SSSR count). The Bertz CT molecular complexity index is 1260. The van der Waals surface area contributed by atoms with Crippen molar-refractivity contribution in [1.29, 1.82) is 0 Å². The summed E-state index contributed by atoms with van der Waals surface area (Å²) in [4.78, 5) is 4.63. The zero-order valence-corrected chi connectivity index (χ0v) is 18.6. The molecule has 0 spiro atoms. The number of nitrogens with zero attached hydrogens (tertiary/aromatic N) is 2. The van der Waals surface area contributed by atoms with Gasteiger partial charge in [-0.1, -0.05) is 41.5 Å². The molecule has 0 bridgehead atoms. The molecule has 0 amide bonds. The van der Waals surface area contributed by atoms with Crippen molar-refractivity contribution in [1.82, 2.24) is 4.98 Å². The van der Waals surface area contributed by atoms with E-state index in [9.17, 15) is 8.42 Å². The van der Waals surface area contributed by atoms with E-state index in [4.69, 9.17) is 4.42 Å². The minimum absolute atomic E-state index is 0.0877. The number of sulfonamides is 1. The lowest BCUT2D eigenvalue weighted by molar-refractivity contribution is 0.539. The van der Waals surface area contributed by atoms with Gasteiger partial charge in [0.2, 0.25) is 5.89 Å². The highest BCUT2D eigenvalue weighted by Crippen LogP contribution is 2.30. The third-order valence-corrected chi connectivity index (χ3v) is 7.96. The van der Waals surface area contributed by atoms with Crippen LogP contribution in [-0.4, -0.2) is 13.4 Å². The van der Waals surface area contributed by atoms with Crippen molar-refractivity contribution in [2.45, 2.75) is 31.5 Å². The quantitative estimate of drug-likeness (QED) is 0.386. The van der Waals surface area contributed by atoms with Gasteiger partial charge < -0.3 is 4.42 Å². The second-order valence-corrected chi connectivity index (χ2v) is 10.2. The topological polar surface area (TPSA) is 63.4 Å². The van der Waals surface area contributed by atoms with Crippen LogP contribution in [-0.2, 0) is 16.6 Å². The van der Waals surface area contributed by atoms with Gasteiger partial charge in [0.05, 0.1) is 12.2 Å². The van der Waals surface area contributed by atoms with Crippen LogP contribution in [0.15, 0.2) is 74.7 Å². The summed E-state index contributed by atoms with van der Waals surface area (Å²) in [7, 11) is -3.73. The molecule has 5 nitrogen and oxygen atoms in total. The van der Waals surface area contributed by atoms with Crippen LogP contribution >= 0.6 is 11.3 Å². The van der Waals surface area contributed by atoms with Crippen molar-refractivity contribution in [2.24, 2.45) is 0 Å². The molecule has 4 aromatic rings. The first-order valence-electron chi connectivity index (χ1n) is 9.51. The van der Waals surface area contributed by atoms with Crippen LogP contribution in [0.5, 0.6) is 0 Å². The molecule has 0 aliphatic carbocycles. The lowest BCUT2D eigenvalue weighted by Gasteiger charge is -2.23. The lowest BCUT2D eigenvalue weighted by Crippen LogP contribution is -2.30. The Morgan fingerprint density at radius 1 is 0.967 bits per heavy atom. The predicted molar refractivity (Wildman–Crippen MR) is 120 cm³/mol. The van der Waals surface area contributed by atoms with E-state index in [0.29, 0.717) is 27.2 Å². The summed E-state index contributed by atoms with van der Waals surface area (Å²) < 4.78 is 34.4. The van der Waals surface area contributed by atoms with Crippen molar-refractivity contribution in [2.75, 3.05) is 4.31 Å². The summed E-state index contributed by atoms with van der Waals surface area (Å²) in [5, 5.41) is 1.76. The van der Waals surface area contributed by atoms with Crippen LogP contribution in [0.2, 0.25) is 0 Å². The molecule has 0 N–H and O–H groups in total. The Morgan fingerprint density at radius 2 is 1.73 bits per heavy atom. The fourth-order valence-corrected chi connectivity index (χ4v) is 5.69.